The number of nitrogens with zero attached hydrogens (tertiary/aromatic N) is 1. The van der Waals surface area contributed by atoms with Crippen LogP contribution in [0.2, 0.25) is 5.02 Å². The lowest BCUT2D eigenvalue weighted by Gasteiger charge is -2.41. The Kier molecular flexibility index (Phi) is 4.46. The van der Waals surface area contributed by atoms with Gasteiger partial charge in [0.1, 0.15) is 5.82 Å². The van der Waals surface area contributed by atoms with E-state index in [1.54, 1.807) is 12.1 Å². The van der Waals surface area contributed by atoms with Crippen molar-refractivity contribution in [3.8, 4) is 0 Å². The number of anilines is 1. The van der Waals surface area contributed by atoms with Gasteiger partial charge >= 0.3 is 0 Å². The first-order chi connectivity index (χ1) is 8.65. The average Bonchev–Trinajstić information content (AvgIpc) is 2.38. The van der Waals surface area contributed by atoms with Crippen molar-refractivity contribution in [3.05, 3.63) is 29.0 Å². The third-order valence-electron chi connectivity index (χ3n) is 3.68. The van der Waals surface area contributed by atoms with Crippen LogP contribution in [0.5, 0.6) is 0 Å². The summed E-state index contributed by atoms with van der Waals surface area (Å²) in [6.07, 6.45) is 2.06. The van der Waals surface area contributed by atoms with E-state index >= 15 is 0 Å². The van der Waals surface area contributed by atoms with Gasteiger partial charge in [0, 0.05) is 30.2 Å². The van der Waals surface area contributed by atoms with Crippen molar-refractivity contribution in [2.45, 2.75) is 38.8 Å². The van der Waals surface area contributed by atoms with Crippen LogP contribution in [-0.2, 0) is 0 Å². The Morgan fingerprint density at radius 3 is 2.78 bits per heavy atom. The third-order valence-corrected chi connectivity index (χ3v) is 3.92. The van der Waals surface area contributed by atoms with Gasteiger partial charge in [-0.25, -0.2) is 4.39 Å². The molecular formula is C14H20ClFN2. The highest BCUT2D eigenvalue weighted by Gasteiger charge is 2.27. The van der Waals surface area contributed by atoms with Crippen LogP contribution in [-0.4, -0.2) is 25.2 Å². The van der Waals surface area contributed by atoms with E-state index in [1.165, 1.54) is 6.07 Å². The number of nitrogens with one attached hydrogen (secondary N) is 1. The zero-order valence-corrected chi connectivity index (χ0v) is 11.7. The van der Waals surface area contributed by atoms with Gasteiger partial charge < -0.3 is 10.2 Å². The first kappa shape index (κ1) is 13.6. The van der Waals surface area contributed by atoms with Crippen LogP contribution in [0.15, 0.2) is 18.2 Å². The first-order valence-electron chi connectivity index (χ1n) is 6.60. The Hall–Kier alpha value is -0.800. The fraction of sp³-hybridized carbons (Fsp3) is 0.571. The lowest BCUT2D eigenvalue weighted by molar-refractivity contribution is 0.375. The van der Waals surface area contributed by atoms with Crippen LogP contribution in [0.4, 0.5) is 10.1 Å². The fourth-order valence-corrected chi connectivity index (χ4v) is 2.67. The molecule has 1 fully saturated rings. The molecule has 2 atom stereocenters. The molecule has 0 saturated carbocycles. The van der Waals surface area contributed by atoms with Crippen LogP contribution in [0.3, 0.4) is 0 Å². The van der Waals surface area contributed by atoms with E-state index in [-0.39, 0.29) is 5.82 Å². The Morgan fingerprint density at radius 2 is 2.17 bits per heavy atom. The molecule has 100 valence electrons. The molecule has 0 bridgehead atoms. The maximum atomic E-state index is 14.0. The second-order valence-electron chi connectivity index (χ2n) is 4.82. The molecule has 2 rings (SSSR count). The smallest absolute Gasteiger partial charge is 0.147 e. The van der Waals surface area contributed by atoms with E-state index in [0.717, 1.165) is 25.9 Å². The van der Waals surface area contributed by atoms with Crippen LogP contribution in [0.25, 0.3) is 0 Å². The minimum absolute atomic E-state index is 0.224. The minimum Gasteiger partial charge on any atom is -0.363 e. The number of hydrogen-bond donors (Lipinski definition) is 1. The minimum atomic E-state index is -0.224. The number of hydrogen-bond acceptors (Lipinski definition) is 2. The molecule has 1 saturated heterocycles. The molecule has 0 aromatic heterocycles. The molecule has 2 unspecified atom stereocenters. The highest BCUT2D eigenvalue weighted by Crippen LogP contribution is 2.27. The average molecular weight is 271 g/mol. The summed E-state index contributed by atoms with van der Waals surface area (Å²) in [4.78, 5) is 2.18. The van der Waals surface area contributed by atoms with Crippen LogP contribution in [0, 0.1) is 5.82 Å². The van der Waals surface area contributed by atoms with Gasteiger partial charge in [-0.1, -0.05) is 25.4 Å². The fourth-order valence-electron chi connectivity index (χ4n) is 2.51. The standard InChI is InChI=1S/C14H20ClFN2/c1-3-11-9-18(12(4-2)8-17-11)14-6-5-10(15)7-13(14)16/h5-7,11-12,17H,3-4,8-9H2,1-2H3. The molecule has 1 aromatic carbocycles. The predicted octanol–water partition coefficient (Wildman–Crippen LogP) is 3.45. The van der Waals surface area contributed by atoms with E-state index in [2.05, 4.69) is 24.1 Å². The van der Waals surface area contributed by atoms with Gasteiger partial charge in [-0.15, -0.1) is 0 Å². The van der Waals surface area contributed by atoms with Crippen molar-refractivity contribution < 1.29 is 4.39 Å². The molecule has 0 amide bonds. The highest BCUT2D eigenvalue weighted by molar-refractivity contribution is 6.30. The molecule has 1 aliphatic heterocycles. The number of benzene rings is 1. The number of rotatable bonds is 3. The van der Waals surface area contributed by atoms with E-state index in [9.17, 15) is 4.39 Å². The Morgan fingerprint density at radius 1 is 1.39 bits per heavy atom. The molecule has 18 heavy (non-hydrogen) atoms. The summed E-state index contributed by atoms with van der Waals surface area (Å²) >= 11 is 5.81. The van der Waals surface area contributed by atoms with Gasteiger partial charge in [0.05, 0.1) is 5.69 Å². The third kappa shape index (κ3) is 2.78. The van der Waals surface area contributed by atoms with Crippen molar-refractivity contribution in [3.63, 3.8) is 0 Å². The summed E-state index contributed by atoms with van der Waals surface area (Å²) in [5, 5.41) is 3.96. The Bertz CT molecular complexity index is 411. The van der Waals surface area contributed by atoms with Gasteiger partial charge in [0.25, 0.3) is 0 Å². The molecule has 0 radical (unpaired) electrons. The molecule has 0 spiro atoms. The summed E-state index contributed by atoms with van der Waals surface area (Å²) in [5.41, 5.74) is 0.672. The van der Waals surface area contributed by atoms with Gasteiger partial charge in [0.2, 0.25) is 0 Å². The summed E-state index contributed by atoms with van der Waals surface area (Å²) in [5.74, 6) is -0.224. The van der Waals surface area contributed by atoms with E-state index in [0.29, 0.717) is 22.8 Å². The maximum absolute atomic E-state index is 14.0. The van der Waals surface area contributed by atoms with Crippen molar-refractivity contribution in [1.82, 2.24) is 5.32 Å². The summed E-state index contributed by atoms with van der Waals surface area (Å²) in [6.45, 7) is 6.06. The lowest BCUT2D eigenvalue weighted by Crippen LogP contribution is -2.56. The topological polar surface area (TPSA) is 15.3 Å². The molecule has 0 aliphatic carbocycles. The van der Waals surface area contributed by atoms with Crippen LogP contribution >= 0.6 is 11.6 Å². The summed E-state index contributed by atoms with van der Waals surface area (Å²) in [6, 6.07) is 5.73. The molecule has 1 aromatic rings. The lowest BCUT2D eigenvalue weighted by atomic mass is 10.0. The largest absolute Gasteiger partial charge is 0.363 e. The summed E-state index contributed by atoms with van der Waals surface area (Å²) < 4.78 is 14.0. The van der Waals surface area contributed by atoms with E-state index in [1.807, 2.05) is 0 Å². The SMILES string of the molecule is CCC1CN(c2ccc(Cl)cc2F)C(CC)CN1. The van der Waals surface area contributed by atoms with Crippen molar-refractivity contribution in [1.29, 1.82) is 0 Å². The maximum Gasteiger partial charge on any atom is 0.147 e. The normalized spacial score (nSPS) is 24.3. The van der Waals surface area contributed by atoms with E-state index in [4.69, 9.17) is 11.6 Å². The monoisotopic (exact) mass is 270 g/mol. The zero-order valence-electron chi connectivity index (χ0n) is 10.9. The zero-order chi connectivity index (χ0) is 13.1. The van der Waals surface area contributed by atoms with Gasteiger partial charge in [-0.05, 0) is 31.0 Å². The van der Waals surface area contributed by atoms with Crippen molar-refractivity contribution in [2.75, 3.05) is 18.0 Å². The second kappa shape index (κ2) is 5.89. The second-order valence-corrected chi connectivity index (χ2v) is 5.26. The van der Waals surface area contributed by atoms with Crippen LogP contribution in [0.1, 0.15) is 26.7 Å². The Balaban J connectivity index is 2.26. The van der Waals surface area contributed by atoms with Gasteiger partial charge in [0.15, 0.2) is 0 Å². The van der Waals surface area contributed by atoms with Gasteiger partial charge in [-0.2, -0.15) is 0 Å². The molecule has 1 N–H and O–H groups in total. The predicted molar refractivity (Wildman–Crippen MR) is 74.9 cm³/mol. The molecule has 1 heterocycles. The summed E-state index contributed by atoms with van der Waals surface area (Å²) in [7, 11) is 0. The highest BCUT2D eigenvalue weighted by atomic mass is 35.5. The quantitative estimate of drug-likeness (QED) is 0.905. The molecule has 4 heteroatoms. The number of halogens is 2. The van der Waals surface area contributed by atoms with Gasteiger partial charge in [-0.3, -0.25) is 0 Å². The van der Waals surface area contributed by atoms with E-state index < -0.39 is 0 Å². The van der Waals surface area contributed by atoms with Crippen molar-refractivity contribution in [2.24, 2.45) is 0 Å². The van der Waals surface area contributed by atoms with Crippen LogP contribution < -0.4 is 10.2 Å². The van der Waals surface area contributed by atoms with Crippen molar-refractivity contribution >= 4 is 17.3 Å². The first-order valence-corrected chi connectivity index (χ1v) is 6.98. The molecule has 1 aliphatic rings. The Labute approximate surface area is 113 Å². The molecular weight excluding hydrogens is 251 g/mol. The molecule has 2 nitrogen and oxygen atoms in total. The number of piperazine rings is 1.